The predicted octanol–water partition coefficient (Wildman–Crippen LogP) is 11.1. The molecular weight excluding hydrogens is 625 g/mol. The van der Waals surface area contributed by atoms with Crippen LogP contribution in [0.2, 0.25) is 0 Å². The normalized spacial score (nSPS) is 25.2. The molecule has 4 heteroatoms. The molecule has 6 aliphatic rings. The van der Waals surface area contributed by atoms with Gasteiger partial charge in [0.05, 0.1) is 11.5 Å². The zero-order valence-corrected chi connectivity index (χ0v) is 28.4. The molecule has 4 unspecified atom stereocenters. The summed E-state index contributed by atoms with van der Waals surface area (Å²) in [5.74, 6) is 4.51. The van der Waals surface area contributed by atoms with E-state index in [1.807, 2.05) is 6.20 Å². The van der Waals surface area contributed by atoms with Crippen LogP contribution in [0.1, 0.15) is 66.0 Å². The second-order valence-corrected chi connectivity index (χ2v) is 14.7. The van der Waals surface area contributed by atoms with Gasteiger partial charge >= 0.3 is 0 Å². The number of fused-ring (bicyclic) bond motifs is 9. The molecule has 11 rings (SSSR count). The average molecular weight is 663 g/mol. The van der Waals surface area contributed by atoms with E-state index in [9.17, 15) is 0 Å². The lowest BCUT2D eigenvalue weighted by Gasteiger charge is -2.46. The Morgan fingerprint density at radius 3 is 2.33 bits per heavy atom. The van der Waals surface area contributed by atoms with E-state index in [0.29, 0.717) is 12.0 Å². The highest BCUT2D eigenvalue weighted by Gasteiger charge is 2.52. The maximum atomic E-state index is 6.86. The summed E-state index contributed by atoms with van der Waals surface area (Å²) >= 11 is 0. The monoisotopic (exact) mass is 662 g/mol. The van der Waals surface area contributed by atoms with E-state index in [-0.39, 0.29) is 5.92 Å². The fraction of sp³-hybridized carbons (Fsp3) is 0.191. The molecule has 248 valence electrons. The minimum Gasteiger partial charge on any atom is -0.461 e. The minimum absolute atomic E-state index is 0.218. The van der Waals surface area contributed by atoms with Gasteiger partial charge in [-0.05, 0) is 97.0 Å². The lowest BCUT2D eigenvalue weighted by atomic mass is 9.60. The second-order valence-electron chi connectivity index (χ2n) is 14.7. The smallest absolute Gasteiger partial charge is 0.132 e. The molecule has 51 heavy (non-hydrogen) atoms. The van der Waals surface area contributed by atoms with Crippen LogP contribution < -0.4 is 14.4 Å². The number of benzene rings is 4. The van der Waals surface area contributed by atoms with E-state index < -0.39 is 5.41 Å². The number of para-hydroxylation sites is 3. The van der Waals surface area contributed by atoms with Crippen molar-refractivity contribution in [3.05, 3.63) is 196 Å². The average Bonchev–Trinajstić information content (AvgIpc) is 3.85. The molecule has 4 nitrogen and oxygen atoms in total. The van der Waals surface area contributed by atoms with E-state index >= 15 is 0 Å². The van der Waals surface area contributed by atoms with Crippen LogP contribution in [0.3, 0.4) is 0 Å². The summed E-state index contributed by atoms with van der Waals surface area (Å²) in [6, 6.07) is 39.7. The highest BCUT2D eigenvalue weighted by molar-refractivity contribution is 5.79. The Hall–Kier alpha value is -5.74. The van der Waals surface area contributed by atoms with Crippen LogP contribution in [-0.2, 0) is 5.41 Å². The molecular formula is C47H38N2O2. The van der Waals surface area contributed by atoms with Gasteiger partial charge in [0.2, 0.25) is 0 Å². The summed E-state index contributed by atoms with van der Waals surface area (Å²) in [5, 5.41) is 0. The lowest BCUT2D eigenvalue weighted by Crippen LogP contribution is -2.39. The molecule has 4 heterocycles. The molecule has 1 spiro atoms. The zero-order chi connectivity index (χ0) is 33.5. The second kappa shape index (κ2) is 11.1. The van der Waals surface area contributed by atoms with Crippen LogP contribution in [0.15, 0.2) is 168 Å². The summed E-state index contributed by atoms with van der Waals surface area (Å²) in [7, 11) is 0. The standard InChI is InChI=1S/C47H38N2O2/c1-2-11-33(12-3-1)49-41-17-7-4-13-34(41)35-23-20-31(28-42(35)49)30-22-25-45-39(27-30)47(36-14-5-8-18-43(36)50-45)37-15-6-9-19-44(37)51-46-29-32(21-24-38(46)47)40-16-10-26-48-40/h1-3,5-12,14-19,21-22,24-28,32,35,42,48H,4,13,20,23,29H2. The molecule has 0 saturated heterocycles. The molecule has 0 fully saturated rings. The highest BCUT2D eigenvalue weighted by Crippen LogP contribution is 2.62. The molecule has 4 aromatic carbocycles. The first-order chi connectivity index (χ1) is 25.3. The van der Waals surface area contributed by atoms with Gasteiger partial charge in [0.1, 0.15) is 23.0 Å². The first kappa shape index (κ1) is 29.0. The number of anilines is 1. The van der Waals surface area contributed by atoms with Crippen molar-refractivity contribution in [3.8, 4) is 17.2 Å². The summed E-state index contributed by atoms with van der Waals surface area (Å²) in [5.41, 5.74) is 12.3. The molecule has 0 amide bonds. The van der Waals surface area contributed by atoms with Gasteiger partial charge in [-0.3, -0.25) is 0 Å². The number of nitrogens with zero attached hydrogens (tertiary/aromatic N) is 1. The number of aromatic nitrogens is 1. The number of hydrogen-bond acceptors (Lipinski definition) is 3. The lowest BCUT2D eigenvalue weighted by molar-refractivity contribution is 0.345. The molecule has 3 aliphatic heterocycles. The Bertz CT molecular complexity index is 2380. The van der Waals surface area contributed by atoms with E-state index in [1.165, 1.54) is 39.4 Å². The predicted molar refractivity (Wildman–Crippen MR) is 203 cm³/mol. The van der Waals surface area contributed by atoms with Crippen molar-refractivity contribution in [1.82, 2.24) is 4.98 Å². The van der Waals surface area contributed by atoms with E-state index in [4.69, 9.17) is 9.47 Å². The van der Waals surface area contributed by atoms with Crippen molar-refractivity contribution in [1.29, 1.82) is 0 Å². The van der Waals surface area contributed by atoms with Crippen molar-refractivity contribution in [2.75, 3.05) is 4.90 Å². The Labute approximate surface area is 298 Å². The Morgan fingerprint density at radius 1 is 0.725 bits per heavy atom. The van der Waals surface area contributed by atoms with Crippen LogP contribution in [0.5, 0.6) is 17.2 Å². The first-order valence-electron chi connectivity index (χ1n) is 18.5. The molecule has 4 atom stereocenters. The Kier molecular flexibility index (Phi) is 6.34. The van der Waals surface area contributed by atoms with Crippen LogP contribution in [0, 0.1) is 5.92 Å². The van der Waals surface area contributed by atoms with Gasteiger partial charge in [0.15, 0.2) is 0 Å². The third-order valence-corrected chi connectivity index (χ3v) is 12.1. The van der Waals surface area contributed by atoms with Gasteiger partial charge in [0.25, 0.3) is 0 Å². The van der Waals surface area contributed by atoms with Crippen LogP contribution in [-0.4, -0.2) is 11.0 Å². The van der Waals surface area contributed by atoms with E-state index in [0.717, 1.165) is 66.2 Å². The number of H-pyrrole nitrogens is 1. The number of hydrogen-bond donors (Lipinski definition) is 1. The Balaban J connectivity index is 1.09. The topological polar surface area (TPSA) is 37.5 Å². The molecule has 0 bridgehead atoms. The molecule has 5 aromatic rings. The molecule has 0 saturated carbocycles. The van der Waals surface area contributed by atoms with E-state index in [1.54, 1.807) is 5.57 Å². The third-order valence-electron chi connectivity index (χ3n) is 12.1. The number of nitrogens with one attached hydrogen (secondary N) is 1. The molecule has 0 radical (unpaired) electrons. The summed E-state index contributed by atoms with van der Waals surface area (Å²) < 4.78 is 13.7. The van der Waals surface area contributed by atoms with Crippen molar-refractivity contribution < 1.29 is 9.47 Å². The van der Waals surface area contributed by atoms with Gasteiger partial charge in [-0.2, -0.15) is 0 Å². The molecule has 1 aromatic heterocycles. The van der Waals surface area contributed by atoms with Crippen molar-refractivity contribution >= 4 is 11.3 Å². The first-order valence-corrected chi connectivity index (χ1v) is 18.5. The van der Waals surface area contributed by atoms with Crippen molar-refractivity contribution in [3.63, 3.8) is 0 Å². The molecule has 3 aliphatic carbocycles. The van der Waals surface area contributed by atoms with Gasteiger partial charge in [-0.15, -0.1) is 0 Å². The van der Waals surface area contributed by atoms with Crippen LogP contribution >= 0.6 is 0 Å². The van der Waals surface area contributed by atoms with Crippen LogP contribution in [0.4, 0.5) is 5.69 Å². The highest BCUT2D eigenvalue weighted by atomic mass is 16.5. The van der Waals surface area contributed by atoms with Gasteiger partial charge in [0, 0.05) is 63.8 Å². The number of rotatable bonds is 3. The number of aromatic amines is 1. The third kappa shape index (κ3) is 4.20. The van der Waals surface area contributed by atoms with Crippen LogP contribution in [0.25, 0.3) is 5.57 Å². The maximum absolute atomic E-state index is 6.86. The zero-order valence-electron chi connectivity index (χ0n) is 28.4. The van der Waals surface area contributed by atoms with Crippen molar-refractivity contribution in [2.24, 2.45) is 5.92 Å². The van der Waals surface area contributed by atoms with Crippen molar-refractivity contribution in [2.45, 2.75) is 49.5 Å². The quantitative estimate of drug-likeness (QED) is 0.209. The summed E-state index contributed by atoms with van der Waals surface area (Å²) in [6.45, 7) is 0. The number of allylic oxidation sites excluding steroid dienone is 7. The Morgan fingerprint density at radius 2 is 1.51 bits per heavy atom. The largest absolute Gasteiger partial charge is 0.461 e. The SMILES string of the molecule is C1=CC2=C(CC1)C1CCC(c3ccc4c(c3)C3(C5=C(CC(c6ccc[nH]6)C=C5)Oc5ccccc53)c3ccccc3O4)=CC1N2c1ccccc1. The van der Waals surface area contributed by atoms with Gasteiger partial charge in [-0.25, -0.2) is 0 Å². The maximum Gasteiger partial charge on any atom is 0.132 e. The van der Waals surface area contributed by atoms with Gasteiger partial charge < -0.3 is 19.4 Å². The summed E-state index contributed by atoms with van der Waals surface area (Å²) in [4.78, 5) is 6.05. The number of ether oxygens (including phenoxy) is 2. The summed E-state index contributed by atoms with van der Waals surface area (Å²) in [6.07, 6.45) is 19.3. The fourth-order valence-electron chi connectivity index (χ4n) is 9.97. The van der Waals surface area contributed by atoms with E-state index in [2.05, 4.69) is 149 Å². The fourth-order valence-corrected chi connectivity index (χ4v) is 9.97. The molecule has 1 N–H and O–H groups in total. The van der Waals surface area contributed by atoms with Gasteiger partial charge in [-0.1, -0.05) is 85.0 Å². The minimum atomic E-state index is -0.589.